The SMILES string of the molecule is Cl.O=C(N[C@@H]1CCCNC1)C1Cc2ccccc21. The lowest BCUT2D eigenvalue weighted by atomic mass is 9.77. The van der Waals surface area contributed by atoms with Crippen molar-refractivity contribution in [2.24, 2.45) is 0 Å². The number of fused-ring (bicyclic) bond motifs is 1. The maximum Gasteiger partial charge on any atom is 0.228 e. The summed E-state index contributed by atoms with van der Waals surface area (Å²) in [5.74, 6) is 0.297. The molecule has 1 aliphatic carbocycles. The Kier molecular flexibility index (Phi) is 4.25. The first-order valence-electron chi connectivity index (χ1n) is 6.43. The van der Waals surface area contributed by atoms with Gasteiger partial charge in [0.2, 0.25) is 5.91 Å². The molecule has 98 valence electrons. The Bertz CT molecular complexity index is 430. The summed E-state index contributed by atoms with van der Waals surface area (Å²) in [5.41, 5.74) is 2.54. The second-order valence-corrected chi connectivity index (χ2v) is 5.01. The van der Waals surface area contributed by atoms with Crippen LogP contribution in [-0.4, -0.2) is 25.0 Å². The van der Waals surface area contributed by atoms with Crippen LogP contribution in [-0.2, 0) is 11.2 Å². The molecule has 1 amide bonds. The molecule has 2 N–H and O–H groups in total. The van der Waals surface area contributed by atoms with Gasteiger partial charge in [0.25, 0.3) is 0 Å². The van der Waals surface area contributed by atoms with Crippen LogP contribution in [0.1, 0.15) is 29.9 Å². The summed E-state index contributed by atoms with van der Waals surface area (Å²) in [7, 11) is 0. The van der Waals surface area contributed by atoms with Gasteiger partial charge >= 0.3 is 0 Å². The third kappa shape index (κ3) is 2.52. The van der Waals surface area contributed by atoms with Gasteiger partial charge in [-0.3, -0.25) is 4.79 Å². The van der Waals surface area contributed by atoms with Crippen LogP contribution in [0.15, 0.2) is 24.3 Å². The molecule has 2 atom stereocenters. The van der Waals surface area contributed by atoms with Crippen LogP contribution < -0.4 is 10.6 Å². The normalized spacial score (nSPS) is 25.3. The monoisotopic (exact) mass is 266 g/mol. The predicted molar refractivity (Wildman–Crippen MR) is 74.2 cm³/mol. The third-order valence-electron chi connectivity index (χ3n) is 3.81. The van der Waals surface area contributed by atoms with Crippen LogP contribution in [0.5, 0.6) is 0 Å². The third-order valence-corrected chi connectivity index (χ3v) is 3.81. The van der Waals surface area contributed by atoms with Crippen molar-refractivity contribution >= 4 is 18.3 Å². The van der Waals surface area contributed by atoms with Gasteiger partial charge in [-0.15, -0.1) is 12.4 Å². The molecule has 0 spiro atoms. The van der Waals surface area contributed by atoms with Gasteiger partial charge in [-0.2, -0.15) is 0 Å². The number of amides is 1. The van der Waals surface area contributed by atoms with Gasteiger partial charge in [-0.05, 0) is 36.9 Å². The molecule has 0 bridgehead atoms. The van der Waals surface area contributed by atoms with Crippen LogP contribution in [0.4, 0.5) is 0 Å². The van der Waals surface area contributed by atoms with E-state index in [1.54, 1.807) is 0 Å². The minimum Gasteiger partial charge on any atom is -0.352 e. The van der Waals surface area contributed by atoms with Crippen molar-refractivity contribution in [3.8, 4) is 0 Å². The minimum atomic E-state index is 0. The molecule has 0 aromatic heterocycles. The van der Waals surface area contributed by atoms with Gasteiger partial charge in [0.05, 0.1) is 5.92 Å². The van der Waals surface area contributed by atoms with E-state index in [1.807, 2.05) is 12.1 Å². The molecule has 3 rings (SSSR count). The van der Waals surface area contributed by atoms with E-state index in [-0.39, 0.29) is 24.2 Å². The summed E-state index contributed by atoms with van der Waals surface area (Å²) >= 11 is 0. The highest BCUT2D eigenvalue weighted by molar-refractivity contribution is 5.87. The Morgan fingerprint density at radius 3 is 2.89 bits per heavy atom. The average molecular weight is 267 g/mol. The van der Waals surface area contributed by atoms with Gasteiger partial charge in [-0.1, -0.05) is 24.3 Å². The average Bonchev–Trinajstić information content (AvgIpc) is 2.32. The van der Waals surface area contributed by atoms with Crippen LogP contribution >= 0.6 is 12.4 Å². The first-order chi connectivity index (χ1) is 8.34. The van der Waals surface area contributed by atoms with Gasteiger partial charge in [-0.25, -0.2) is 0 Å². The van der Waals surface area contributed by atoms with Crippen molar-refractivity contribution in [3.63, 3.8) is 0 Å². The number of hydrogen-bond acceptors (Lipinski definition) is 2. The highest BCUT2D eigenvalue weighted by Gasteiger charge is 2.32. The Morgan fingerprint density at radius 1 is 1.33 bits per heavy atom. The standard InChI is InChI=1S/C14H18N2O.ClH/c17-14(16-11-5-3-7-15-9-11)13-8-10-4-1-2-6-12(10)13;/h1-2,4,6,11,13,15H,3,5,7-9H2,(H,16,17);1H/t11-,13?;/m1./s1. The Morgan fingerprint density at radius 2 is 2.17 bits per heavy atom. The molecule has 1 aromatic carbocycles. The van der Waals surface area contributed by atoms with Crippen LogP contribution in [0.25, 0.3) is 0 Å². The summed E-state index contributed by atoms with van der Waals surface area (Å²) < 4.78 is 0. The fraction of sp³-hybridized carbons (Fsp3) is 0.500. The molecule has 1 aromatic rings. The number of benzene rings is 1. The van der Waals surface area contributed by atoms with E-state index in [4.69, 9.17) is 0 Å². The molecule has 2 aliphatic rings. The molecule has 0 radical (unpaired) electrons. The van der Waals surface area contributed by atoms with Gasteiger partial charge in [0, 0.05) is 12.6 Å². The Balaban J connectivity index is 0.00000120. The lowest BCUT2D eigenvalue weighted by Gasteiger charge is -2.32. The van der Waals surface area contributed by atoms with E-state index < -0.39 is 0 Å². The second kappa shape index (κ2) is 5.72. The number of carbonyl (C=O) groups is 1. The summed E-state index contributed by atoms with van der Waals surface area (Å²) in [6.07, 6.45) is 3.17. The molecule has 1 saturated heterocycles. The molecular formula is C14H19ClN2O. The topological polar surface area (TPSA) is 41.1 Å². The van der Waals surface area contributed by atoms with Crippen molar-refractivity contribution in [2.45, 2.75) is 31.2 Å². The highest BCUT2D eigenvalue weighted by Crippen LogP contribution is 2.34. The molecule has 1 heterocycles. The molecular weight excluding hydrogens is 248 g/mol. The Labute approximate surface area is 114 Å². The molecule has 1 aliphatic heterocycles. The van der Waals surface area contributed by atoms with E-state index >= 15 is 0 Å². The number of halogens is 1. The molecule has 18 heavy (non-hydrogen) atoms. The second-order valence-electron chi connectivity index (χ2n) is 5.01. The van der Waals surface area contributed by atoms with E-state index in [1.165, 1.54) is 11.1 Å². The lowest BCUT2D eigenvalue weighted by molar-refractivity contribution is -0.123. The maximum atomic E-state index is 12.1. The van der Waals surface area contributed by atoms with Crippen LogP contribution in [0.2, 0.25) is 0 Å². The number of hydrogen-bond donors (Lipinski definition) is 2. The van der Waals surface area contributed by atoms with Gasteiger partial charge in [0.15, 0.2) is 0 Å². The fourth-order valence-corrected chi connectivity index (χ4v) is 2.77. The fourth-order valence-electron chi connectivity index (χ4n) is 2.77. The smallest absolute Gasteiger partial charge is 0.228 e. The van der Waals surface area contributed by atoms with Crippen molar-refractivity contribution in [3.05, 3.63) is 35.4 Å². The first-order valence-corrected chi connectivity index (χ1v) is 6.43. The molecule has 1 unspecified atom stereocenters. The Hall–Kier alpha value is -1.06. The summed E-state index contributed by atoms with van der Waals surface area (Å²) in [4.78, 5) is 12.1. The van der Waals surface area contributed by atoms with E-state index in [2.05, 4.69) is 22.8 Å². The van der Waals surface area contributed by atoms with Gasteiger partial charge in [0.1, 0.15) is 0 Å². The number of nitrogens with one attached hydrogen (secondary N) is 2. The number of piperidine rings is 1. The molecule has 4 heteroatoms. The predicted octanol–water partition coefficient (Wildman–Crippen LogP) is 1.62. The zero-order valence-electron chi connectivity index (χ0n) is 10.3. The van der Waals surface area contributed by atoms with Crippen molar-refractivity contribution < 1.29 is 4.79 Å². The van der Waals surface area contributed by atoms with E-state index in [0.29, 0.717) is 6.04 Å². The summed E-state index contributed by atoms with van der Waals surface area (Å²) in [5, 5.41) is 6.48. The largest absolute Gasteiger partial charge is 0.352 e. The highest BCUT2D eigenvalue weighted by atomic mass is 35.5. The lowest BCUT2D eigenvalue weighted by Crippen LogP contribution is -2.48. The van der Waals surface area contributed by atoms with Crippen molar-refractivity contribution in [2.75, 3.05) is 13.1 Å². The zero-order valence-corrected chi connectivity index (χ0v) is 11.1. The molecule has 0 saturated carbocycles. The maximum absolute atomic E-state index is 12.1. The van der Waals surface area contributed by atoms with E-state index in [9.17, 15) is 4.79 Å². The summed E-state index contributed by atoms with van der Waals surface area (Å²) in [6, 6.07) is 8.56. The van der Waals surface area contributed by atoms with E-state index in [0.717, 1.165) is 32.4 Å². The minimum absolute atomic E-state index is 0. The van der Waals surface area contributed by atoms with Gasteiger partial charge < -0.3 is 10.6 Å². The number of carbonyl (C=O) groups excluding carboxylic acids is 1. The van der Waals surface area contributed by atoms with Crippen molar-refractivity contribution in [1.82, 2.24) is 10.6 Å². The first kappa shape index (κ1) is 13.4. The summed E-state index contributed by atoms with van der Waals surface area (Å²) in [6.45, 7) is 2.00. The zero-order chi connectivity index (χ0) is 11.7. The van der Waals surface area contributed by atoms with Crippen LogP contribution in [0.3, 0.4) is 0 Å². The number of rotatable bonds is 2. The quantitative estimate of drug-likeness (QED) is 0.854. The molecule has 3 nitrogen and oxygen atoms in total. The van der Waals surface area contributed by atoms with Crippen LogP contribution in [0, 0.1) is 0 Å². The molecule has 1 fully saturated rings. The van der Waals surface area contributed by atoms with Crippen molar-refractivity contribution in [1.29, 1.82) is 0 Å².